The Morgan fingerprint density at radius 3 is 2.86 bits per heavy atom. The highest BCUT2D eigenvalue weighted by atomic mass is 32.2. The molecule has 1 aromatic rings. The van der Waals surface area contributed by atoms with Crippen molar-refractivity contribution >= 4 is 11.8 Å². The maximum Gasteiger partial charge on any atom is 0.0762 e. The predicted octanol–water partition coefficient (Wildman–Crippen LogP) is 2.21. The van der Waals surface area contributed by atoms with Gasteiger partial charge in [-0.05, 0) is 31.0 Å². The van der Waals surface area contributed by atoms with E-state index in [9.17, 15) is 5.11 Å². The maximum absolute atomic E-state index is 9.37. The Bertz CT molecular complexity index is 274. The number of aliphatic hydroxyl groups is 2. The second kappa shape index (κ2) is 6.06. The Morgan fingerprint density at radius 1 is 1.43 bits per heavy atom. The summed E-state index contributed by atoms with van der Waals surface area (Å²) in [7, 11) is 0. The van der Waals surface area contributed by atoms with Crippen LogP contribution >= 0.6 is 11.8 Å². The normalized spacial score (nSPS) is 12.8. The van der Waals surface area contributed by atoms with Crippen molar-refractivity contribution in [2.24, 2.45) is 0 Å². The molecule has 78 valence electrons. The molecule has 0 radical (unpaired) electrons. The molecule has 1 rings (SSSR count). The molecule has 2 nitrogen and oxygen atoms in total. The molecule has 1 atom stereocenters. The minimum absolute atomic E-state index is 0.239. The van der Waals surface area contributed by atoms with Crippen molar-refractivity contribution in [2.75, 3.05) is 12.4 Å². The first-order valence-corrected chi connectivity index (χ1v) is 5.74. The third-order valence-corrected chi connectivity index (χ3v) is 2.99. The molecule has 0 saturated heterocycles. The lowest BCUT2D eigenvalue weighted by molar-refractivity contribution is 0.199. The van der Waals surface area contributed by atoms with Gasteiger partial charge in [-0.1, -0.05) is 12.1 Å². The summed E-state index contributed by atoms with van der Waals surface area (Å²) in [5, 5.41) is 18.0. The summed E-state index contributed by atoms with van der Waals surface area (Å²) in [5.74, 6) is 0.916. The van der Waals surface area contributed by atoms with Gasteiger partial charge in [-0.2, -0.15) is 0 Å². The van der Waals surface area contributed by atoms with Crippen LogP contribution in [0.15, 0.2) is 29.2 Å². The van der Waals surface area contributed by atoms with E-state index in [0.717, 1.165) is 22.6 Å². The summed E-state index contributed by atoms with van der Waals surface area (Å²) >= 11 is 1.71. The van der Waals surface area contributed by atoms with Crippen molar-refractivity contribution in [3.8, 4) is 0 Å². The van der Waals surface area contributed by atoms with Gasteiger partial charge < -0.3 is 10.2 Å². The van der Waals surface area contributed by atoms with E-state index in [1.807, 2.05) is 24.3 Å². The van der Waals surface area contributed by atoms with Gasteiger partial charge in [-0.25, -0.2) is 0 Å². The fraction of sp³-hybridized carbons (Fsp3) is 0.455. The molecule has 0 heterocycles. The van der Waals surface area contributed by atoms with Crippen LogP contribution in [0.5, 0.6) is 0 Å². The molecule has 0 aliphatic heterocycles. The van der Waals surface area contributed by atoms with Gasteiger partial charge >= 0.3 is 0 Å². The minimum atomic E-state index is -0.409. The van der Waals surface area contributed by atoms with Gasteiger partial charge in [-0.3, -0.25) is 0 Å². The molecule has 0 saturated carbocycles. The number of thioether (sulfide) groups is 1. The highest BCUT2D eigenvalue weighted by molar-refractivity contribution is 7.99. The summed E-state index contributed by atoms with van der Waals surface area (Å²) < 4.78 is 0. The lowest BCUT2D eigenvalue weighted by atomic mass is 10.1. The molecule has 1 aromatic carbocycles. The average molecular weight is 212 g/mol. The van der Waals surface area contributed by atoms with E-state index in [2.05, 4.69) is 0 Å². The lowest BCUT2D eigenvalue weighted by Crippen LogP contribution is -1.91. The van der Waals surface area contributed by atoms with E-state index >= 15 is 0 Å². The molecule has 2 N–H and O–H groups in total. The van der Waals surface area contributed by atoms with Crippen LogP contribution < -0.4 is 0 Å². The third-order valence-electron chi connectivity index (χ3n) is 1.91. The van der Waals surface area contributed by atoms with Crippen LogP contribution in [0.2, 0.25) is 0 Å². The Balaban J connectivity index is 2.55. The predicted molar refractivity (Wildman–Crippen MR) is 59.5 cm³/mol. The quantitative estimate of drug-likeness (QED) is 0.581. The number of rotatable bonds is 5. The largest absolute Gasteiger partial charge is 0.396 e. The minimum Gasteiger partial charge on any atom is -0.396 e. The van der Waals surface area contributed by atoms with Crippen LogP contribution in [0.3, 0.4) is 0 Å². The second-order valence-electron chi connectivity index (χ2n) is 3.17. The van der Waals surface area contributed by atoms with E-state index in [0.29, 0.717) is 0 Å². The van der Waals surface area contributed by atoms with Gasteiger partial charge in [0.1, 0.15) is 0 Å². The standard InChI is InChI=1S/C11H16O2S/c1-9(13)10-4-2-5-11(8-10)14-7-3-6-12/h2,4-5,8-9,12-13H,3,6-7H2,1H3. The Labute approximate surface area is 89.0 Å². The van der Waals surface area contributed by atoms with Gasteiger partial charge in [0.25, 0.3) is 0 Å². The van der Waals surface area contributed by atoms with Gasteiger partial charge in [0.2, 0.25) is 0 Å². The molecule has 0 amide bonds. The molecule has 0 aromatic heterocycles. The van der Waals surface area contributed by atoms with E-state index < -0.39 is 6.10 Å². The molecular formula is C11H16O2S. The fourth-order valence-electron chi connectivity index (χ4n) is 1.12. The lowest BCUT2D eigenvalue weighted by Gasteiger charge is -2.06. The first kappa shape index (κ1) is 11.6. The van der Waals surface area contributed by atoms with Crippen molar-refractivity contribution in [3.63, 3.8) is 0 Å². The van der Waals surface area contributed by atoms with Crippen LogP contribution in [0.4, 0.5) is 0 Å². The monoisotopic (exact) mass is 212 g/mol. The summed E-state index contributed by atoms with van der Waals surface area (Å²) in [6.07, 6.45) is 0.400. The van der Waals surface area contributed by atoms with Gasteiger partial charge in [0.15, 0.2) is 0 Å². The van der Waals surface area contributed by atoms with Crippen molar-refractivity contribution in [1.29, 1.82) is 0 Å². The topological polar surface area (TPSA) is 40.5 Å². The third kappa shape index (κ3) is 3.70. The molecule has 14 heavy (non-hydrogen) atoms. The van der Waals surface area contributed by atoms with Crippen LogP contribution in [0, 0.1) is 0 Å². The molecule has 0 spiro atoms. The first-order chi connectivity index (χ1) is 6.74. The molecule has 0 aliphatic rings. The summed E-state index contributed by atoms with van der Waals surface area (Å²) in [6.45, 7) is 2.00. The zero-order chi connectivity index (χ0) is 10.4. The summed E-state index contributed by atoms with van der Waals surface area (Å²) in [4.78, 5) is 1.15. The van der Waals surface area contributed by atoms with Crippen molar-refractivity contribution in [2.45, 2.75) is 24.3 Å². The number of hydrogen-bond acceptors (Lipinski definition) is 3. The van der Waals surface area contributed by atoms with Crippen LogP contribution in [-0.2, 0) is 0 Å². The number of hydrogen-bond donors (Lipinski definition) is 2. The van der Waals surface area contributed by atoms with Crippen molar-refractivity contribution in [1.82, 2.24) is 0 Å². The Morgan fingerprint density at radius 2 is 2.21 bits per heavy atom. The Kier molecular flexibility index (Phi) is 5.01. The smallest absolute Gasteiger partial charge is 0.0762 e. The molecule has 0 bridgehead atoms. The summed E-state index contributed by atoms with van der Waals surface area (Å²) in [5.41, 5.74) is 0.944. The van der Waals surface area contributed by atoms with Crippen LogP contribution in [0.25, 0.3) is 0 Å². The number of benzene rings is 1. The highest BCUT2D eigenvalue weighted by Gasteiger charge is 2.01. The molecule has 1 unspecified atom stereocenters. The highest BCUT2D eigenvalue weighted by Crippen LogP contribution is 2.22. The van der Waals surface area contributed by atoms with E-state index in [-0.39, 0.29) is 6.61 Å². The fourth-order valence-corrected chi connectivity index (χ4v) is 2.02. The average Bonchev–Trinajstić information content (AvgIpc) is 2.19. The van der Waals surface area contributed by atoms with E-state index in [4.69, 9.17) is 5.11 Å². The molecule has 3 heteroatoms. The van der Waals surface area contributed by atoms with Gasteiger partial charge in [-0.15, -0.1) is 11.8 Å². The van der Waals surface area contributed by atoms with E-state index in [1.54, 1.807) is 18.7 Å². The van der Waals surface area contributed by atoms with Crippen LogP contribution in [0.1, 0.15) is 25.0 Å². The zero-order valence-corrected chi connectivity index (χ0v) is 9.13. The first-order valence-electron chi connectivity index (χ1n) is 4.75. The van der Waals surface area contributed by atoms with E-state index in [1.165, 1.54) is 0 Å². The summed E-state index contributed by atoms with van der Waals surface area (Å²) in [6, 6.07) is 7.88. The maximum atomic E-state index is 9.37. The number of aliphatic hydroxyl groups excluding tert-OH is 2. The van der Waals surface area contributed by atoms with Crippen molar-refractivity contribution < 1.29 is 10.2 Å². The molecule has 0 fully saturated rings. The van der Waals surface area contributed by atoms with Crippen LogP contribution in [-0.4, -0.2) is 22.6 Å². The molecular weight excluding hydrogens is 196 g/mol. The van der Waals surface area contributed by atoms with Crippen molar-refractivity contribution in [3.05, 3.63) is 29.8 Å². The SMILES string of the molecule is CC(O)c1cccc(SCCCO)c1. The second-order valence-corrected chi connectivity index (χ2v) is 4.34. The molecule has 0 aliphatic carbocycles. The Hall–Kier alpha value is -0.510. The van der Waals surface area contributed by atoms with Gasteiger partial charge in [0, 0.05) is 17.3 Å². The van der Waals surface area contributed by atoms with Gasteiger partial charge in [0.05, 0.1) is 6.10 Å². The zero-order valence-electron chi connectivity index (χ0n) is 8.31.